The molecule has 0 aromatic carbocycles. The van der Waals surface area contributed by atoms with Crippen molar-refractivity contribution in [2.24, 2.45) is 0 Å². The van der Waals surface area contributed by atoms with E-state index in [1.165, 1.54) is 10.4 Å². The van der Waals surface area contributed by atoms with Crippen molar-refractivity contribution in [2.45, 2.75) is 6.42 Å². The van der Waals surface area contributed by atoms with Gasteiger partial charge in [0.25, 0.3) is 0 Å². The molecule has 0 fully saturated rings. The highest BCUT2D eigenvalue weighted by Gasteiger charge is 2.09. The van der Waals surface area contributed by atoms with Crippen LogP contribution in [0.5, 0.6) is 0 Å². The van der Waals surface area contributed by atoms with E-state index in [0.717, 1.165) is 11.3 Å². The summed E-state index contributed by atoms with van der Waals surface area (Å²) in [5.41, 5.74) is 1.27. The number of fused-ring (bicyclic) bond motifs is 1. The van der Waals surface area contributed by atoms with Crippen molar-refractivity contribution in [1.29, 1.82) is 0 Å². The number of allylic oxidation sites excluding steroid dienone is 1. The monoisotopic (exact) mass is 166 g/mol. The zero-order valence-electron chi connectivity index (χ0n) is 5.33. The van der Waals surface area contributed by atoms with Crippen LogP contribution in [0.15, 0.2) is 17.5 Å². The Labute approximate surface area is 69.2 Å². The van der Waals surface area contributed by atoms with Gasteiger partial charge in [0.15, 0.2) is 0 Å². The van der Waals surface area contributed by atoms with Gasteiger partial charge in [0, 0.05) is 21.7 Å². The maximum absolute atomic E-state index is 5.17. The maximum Gasteiger partial charge on any atom is 0.0350 e. The summed E-state index contributed by atoms with van der Waals surface area (Å²) in [6, 6.07) is 2.10. The van der Waals surface area contributed by atoms with Gasteiger partial charge in [-0.1, -0.05) is 18.3 Å². The highest BCUT2D eigenvalue weighted by molar-refractivity contribution is 7.80. The van der Waals surface area contributed by atoms with Crippen molar-refractivity contribution >= 4 is 34.5 Å². The molecule has 0 radical (unpaired) electrons. The lowest BCUT2D eigenvalue weighted by molar-refractivity contribution is 1.50. The van der Waals surface area contributed by atoms with Crippen LogP contribution >= 0.6 is 23.6 Å². The van der Waals surface area contributed by atoms with Crippen LogP contribution < -0.4 is 0 Å². The van der Waals surface area contributed by atoms with Crippen molar-refractivity contribution < 1.29 is 0 Å². The van der Waals surface area contributed by atoms with Gasteiger partial charge in [0.05, 0.1) is 0 Å². The number of hydrogen-bond donors (Lipinski definition) is 0. The quantitative estimate of drug-likeness (QED) is 0.534. The fourth-order valence-corrected chi connectivity index (χ4v) is 2.25. The van der Waals surface area contributed by atoms with Gasteiger partial charge in [0.1, 0.15) is 0 Å². The molecule has 0 nitrogen and oxygen atoms in total. The fourth-order valence-electron chi connectivity index (χ4n) is 1.06. The molecular formula is C8H6S2. The molecule has 1 aliphatic carbocycles. The molecule has 0 saturated carbocycles. The van der Waals surface area contributed by atoms with Crippen molar-refractivity contribution in [3.63, 3.8) is 0 Å². The first-order valence-electron chi connectivity index (χ1n) is 3.15. The molecule has 1 heterocycles. The molecule has 2 rings (SSSR count). The molecule has 0 spiro atoms. The average Bonchev–Trinajstić information content (AvgIpc) is 2.36. The van der Waals surface area contributed by atoms with E-state index in [4.69, 9.17) is 12.2 Å². The Balaban J connectivity index is 2.62. The molecule has 2 heteroatoms. The van der Waals surface area contributed by atoms with Gasteiger partial charge in [-0.05, 0) is 17.5 Å². The molecule has 0 bridgehead atoms. The third-order valence-electron chi connectivity index (χ3n) is 1.57. The molecule has 1 aliphatic rings. The summed E-state index contributed by atoms with van der Waals surface area (Å²) in [4.78, 5) is 2.40. The first kappa shape index (κ1) is 6.25. The van der Waals surface area contributed by atoms with Crippen molar-refractivity contribution in [3.05, 3.63) is 28.0 Å². The molecule has 0 N–H and O–H groups in total. The van der Waals surface area contributed by atoms with Gasteiger partial charge >= 0.3 is 0 Å². The molecule has 0 atom stereocenters. The van der Waals surface area contributed by atoms with Gasteiger partial charge in [-0.25, -0.2) is 0 Å². The second-order valence-electron chi connectivity index (χ2n) is 2.23. The smallest absolute Gasteiger partial charge is 0.0350 e. The van der Waals surface area contributed by atoms with E-state index in [1.807, 2.05) is 0 Å². The SMILES string of the molecule is S=C1CC=Cc2sccc21. The standard InChI is InChI=1S/C8H6S2/c9-7-2-1-3-8-6(7)4-5-10-8/h1,3-5H,2H2. The minimum absolute atomic E-state index is 0.944. The summed E-state index contributed by atoms with van der Waals surface area (Å²) in [7, 11) is 0. The number of rotatable bonds is 0. The van der Waals surface area contributed by atoms with Crippen LogP contribution in [0.25, 0.3) is 6.08 Å². The third kappa shape index (κ3) is 0.842. The van der Waals surface area contributed by atoms with E-state index in [0.29, 0.717) is 0 Å². The van der Waals surface area contributed by atoms with Crippen LogP contribution in [-0.2, 0) is 0 Å². The van der Waals surface area contributed by atoms with E-state index >= 15 is 0 Å². The Kier molecular flexibility index (Phi) is 1.43. The maximum atomic E-state index is 5.17. The van der Waals surface area contributed by atoms with Gasteiger partial charge in [-0.2, -0.15) is 0 Å². The van der Waals surface area contributed by atoms with Crippen molar-refractivity contribution in [3.8, 4) is 0 Å². The second kappa shape index (κ2) is 2.29. The van der Waals surface area contributed by atoms with Gasteiger partial charge < -0.3 is 0 Å². The van der Waals surface area contributed by atoms with Crippen LogP contribution in [0.1, 0.15) is 16.9 Å². The Morgan fingerprint density at radius 1 is 1.50 bits per heavy atom. The van der Waals surface area contributed by atoms with E-state index < -0.39 is 0 Å². The summed E-state index contributed by atoms with van der Waals surface area (Å²) >= 11 is 6.92. The van der Waals surface area contributed by atoms with Crippen LogP contribution in [0.2, 0.25) is 0 Å². The zero-order valence-corrected chi connectivity index (χ0v) is 6.97. The highest BCUT2D eigenvalue weighted by atomic mass is 32.1. The Bertz CT molecular complexity index is 294. The molecule has 0 amide bonds. The van der Waals surface area contributed by atoms with E-state index in [1.54, 1.807) is 11.3 Å². The summed E-state index contributed by atoms with van der Waals surface area (Å²) in [6.07, 6.45) is 5.22. The molecular weight excluding hydrogens is 160 g/mol. The van der Waals surface area contributed by atoms with Crippen LogP contribution in [0.3, 0.4) is 0 Å². The minimum Gasteiger partial charge on any atom is -0.144 e. The first-order chi connectivity index (χ1) is 4.88. The largest absolute Gasteiger partial charge is 0.144 e. The topological polar surface area (TPSA) is 0 Å². The van der Waals surface area contributed by atoms with E-state index in [2.05, 4.69) is 23.6 Å². The summed E-state index contributed by atoms with van der Waals surface area (Å²) < 4.78 is 0. The number of thiocarbonyl (C=S) groups is 1. The molecule has 1 aromatic heterocycles. The number of thiophene rings is 1. The first-order valence-corrected chi connectivity index (χ1v) is 4.44. The predicted molar refractivity (Wildman–Crippen MR) is 49.7 cm³/mol. The molecule has 10 heavy (non-hydrogen) atoms. The average molecular weight is 166 g/mol. The molecule has 0 saturated heterocycles. The van der Waals surface area contributed by atoms with Gasteiger partial charge in [-0.3, -0.25) is 0 Å². The van der Waals surface area contributed by atoms with E-state index in [9.17, 15) is 0 Å². The van der Waals surface area contributed by atoms with Gasteiger partial charge in [0.2, 0.25) is 0 Å². The Morgan fingerprint density at radius 3 is 3.20 bits per heavy atom. The third-order valence-corrected chi connectivity index (χ3v) is 2.84. The molecule has 0 unspecified atom stereocenters. The number of hydrogen-bond acceptors (Lipinski definition) is 2. The highest BCUT2D eigenvalue weighted by Crippen LogP contribution is 2.24. The molecule has 50 valence electrons. The molecule has 1 aromatic rings. The van der Waals surface area contributed by atoms with Crippen LogP contribution in [0.4, 0.5) is 0 Å². The molecule has 0 aliphatic heterocycles. The zero-order chi connectivity index (χ0) is 6.97. The fraction of sp³-hybridized carbons (Fsp3) is 0.125. The summed E-state index contributed by atoms with van der Waals surface area (Å²) in [5, 5.41) is 2.09. The lowest BCUT2D eigenvalue weighted by Gasteiger charge is -2.04. The van der Waals surface area contributed by atoms with Crippen LogP contribution in [0, 0.1) is 0 Å². The lowest BCUT2D eigenvalue weighted by Crippen LogP contribution is -1.98. The minimum atomic E-state index is 0.944. The normalized spacial score (nSPS) is 15.4. The van der Waals surface area contributed by atoms with Crippen LogP contribution in [-0.4, -0.2) is 4.86 Å². The summed E-state index contributed by atoms with van der Waals surface area (Å²) in [6.45, 7) is 0. The van der Waals surface area contributed by atoms with Gasteiger partial charge in [-0.15, -0.1) is 11.3 Å². The lowest BCUT2D eigenvalue weighted by atomic mass is 10.1. The van der Waals surface area contributed by atoms with E-state index in [-0.39, 0.29) is 0 Å². The second-order valence-corrected chi connectivity index (χ2v) is 3.67. The Morgan fingerprint density at radius 2 is 2.40 bits per heavy atom. The van der Waals surface area contributed by atoms with Crippen molar-refractivity contribution in [1.82, 2.24) is 0 Å². The predicted octanol–water partition coefficient (Wildman–Crippen LogP) is 2.88. The summed E-state index contributed by atoms with van der Waals surface area (Å²) in [5.74, 6) is 0. The Hall–Kier alpha value is -0.470. The van der Waals surface area contributed by atoms with Crippen molar-refractivity contribution in [2.75, 3.05) is 0 Å².